The van der Waals surface area contributed by atoms with Crippen LogP contribution < -0.4 is 5.32 Å². The second-order valence-electron chi connectivity index (χ2n) is 4.16. The van der Waals surface area contributed by atoms with Gasteiger partial charge in [-0.05, 0) is 49.9 Å². The Morgan fingerprint density at radius 2 is 2.00 bits per heavy atom. The summed E-state index contributed by atoms with van der Waals surface area (Å²) >= 11 is 0. The van der Waals surface area contributed by atoms with E-state index < -0.39 is 0 Å². The summed E-state index contributed by atoms with van der Waals surface area (Å²) < 4.78 is 0. The van der Waals surface area contributed by atoms with Gasteiger partial charge in [0.05, 0.1) is 0 Å². The lowest BCUT2D eigenvalue weighted by atomic mass is 10.1. The van der Waals surface area contributed by atoms with E-state index >= 15 is 0 Å². The van der Waals surface area contributed by atoms with Gasteiger partial charge in [0.15, 0.2) is 0 Å². The molecule has 0 radical (unpaired) electrons. The number of hydrogen-bond donors (Lipinski definition) is 2. The molecule has 0 heterocycles. The molecule has 0 aromatic heterocycles. The molecule has 2 N–H and O–H groups in total. The first kappa shape index (κ1) is 9.53. The zero-order chi connectivity index (χ0) is 9.97. The Morgan fingerprint density at radius 3 is 2.57 bits per heavy atom. The molecule has 0 aliphatic heterocycles. The number of rotatable bonds is 4. The predicted molar refractivity (Wildman–Crippen MR) is 57.2 cm³/mol. The normalized spacial score (nSPS) is 18.1. The van der Waals surface area contributed by atoms with Crippen molar-refractivity contribution < 1.29 is 5.11 Å². The van der Waals surface area contributed by atoms with E-state index in [1.54, 1.807) is 12.1 Å². The van der Waals surface area contributed by atoms with Gasteiger partial charge < -0.3 is 10.4 Å². The average Bonchev–Trinajstić information content (AvgIpc) is 2.99. The lowest BCUT2D eigenvalue weighted by Crippen LogP contribution is -2.20. The highest BCUT2D eigenvalue weighted by Crippen LogP contribution is 2.28. The van der Waals surface area contributed by atoms with E-state index in [9.17, 15) is 0 Å². The molecule has 1 saturated carbocycles. The summed E-state index contributed by atoms with van der Waals surface area (Å²) in [5, 5.41) is 12.6. The van der Waals surface area contributed by atoms with Crippen molar-refractivity contribution in [1.82, 2.24) is 5.32 Å². The maximum Gasteiger partial charge on any atom is 0.115 e. The summed E-state index contributed by atoms with van der Waals surface area (Å²) in [6, 6.07) is 7.81. The smallest absolute Gasteiger partial charge is 0.115 e. The standard InChI is InChI=1S/C12H17NO/c1-9(13-8-10-2-3-10)11-4-6-12(14)7-5-11/h4-7,9-10,13-14H,2-3,8H2,1H3. The third-order valence-electron chi connectivity index (χ3n) is 2.80. The van der Waals surface area contributed by atoms with Crippen LogP contribution in [0.1, 0.15) is 31.4 Å². The fourth-order valence-corrected chi connectivity index (χ4v) is 1.55. The van der Waals surface area contributed by atoms with Gasteiger partial charge in [-0.15, -0.1) is 0 Å². The number of hydrogen-bond acceptors (Lipinski definition) is 2. The lowest BCUT2D eigenvalue weighted by Gasteiger charge is -2.13. The molecule has 1 unspecified atom stereocenters. The van der Waals surface area contributed by atoms with Gasteiger partial charge in [0.2, 0.25) is 0 Å². The molecular formula is C12H17NO. The van der Waals surface area contributed by atoms with E-state index in [0.29, 0.717) is 11.8 Å². The molecule has 0 amide bonds. The van der Waals surface area contributed by atoms with Crippen molar-refractivity contribution in [2.45, 2.75) is 25.8 Å². The quantitative estimate of drug-likeness (QED) is 0.766. The van der Waals surface area contributed by atoms with Crippen molar-refractivity contribution >= 4 is 0 Å². The Kier molecular flexibility index (Phi) is 2.73. The Labute approximate surface area is 85.0 Å². The van der Waals surface area contributed by atoms with E-state index in [0.717, 1.165) is 12.5 Å². The highest BCUT2D eigenvalue weighted by molar-refractivity contribution is 5.27. The third-order valence-corrected chi connectivity index (χ3v) is 2.80. The average molecular weight is 191 g/mol. The number of benzene rings is 1. The predicted octanol–water partition coefficient (Wildman–Crippen LogP) is 2.45. The summed E-state index contributed by atoms with van der Waals surface area (Å²) in [4.78, 5) is 0. The van der Waals surface area contributed by atoms with Crippen molar-refractivity contribution in [3.8, 4) is 5.75 Å². The van der Waals surface area contributed by atoms with E-state index in [4.69, 9.17) is 5.11 Å². The second-order valence-corrected chi connectivity index (χ2v) is 4.16. The van der Waals surface area contributed by atoms with Crippen LogP contribution in [0.5, 0.6) is 5.75 Å². The minimum Gasteiger partial charge on any atom is -0.508 e. The molecule has 1 aliphatic rings. The monoisotopic (exact) mass is 191 g/mol. The number of nitrogens with one attached hydrogen (secondary N) is 1. The summed E-state index contributed by atoms with van der Waals surface area (Å²) in [6.07, 6.45) is 2.77. The molecule has 0 saturated heterocycles. The first-order valence-electron chi connectivity index (χ1n) is 5.28. The van der Waals surface area contributed by atoms with Crippen LogP contribution in [0.4, 0.5) is 0 Å². The number of aromatic hydroxyl groups is 1. The molecule has 2 heteroatoms. The molecule has 1 aromatic rings. The highest BCUT2D eigenvalue weighted by Gasteiger charge is 2.21. The van der Waals surface area contributed by atoms with Crippen LogP contribution >= 0.6 is 0 Å². The molecule has 0 bridgehead atoms. The molecule has 1 aliphatic carbocycles. The summed E-state index contributed by atoms with van der Waals surface area (Å²) in [6.45, 7) is 3.29. The highest BCUT2D eigenvalue weighted by atomic mass is 16.3. The summed E-state index contributed by atoms with van der Waals surface area (Å²) in [5.74, 6) is 1.25. The van der Waals surface area contributed by atoms with Gasteiger partial charge in [0.25, 0.3) is 0 Å². The van der Waals surface area contributed by atoms with Crippen LogP contribution in [-0.2, 0) is 0 Å². The number of phenols is 1. The van der Waals surface area contributed by atoms with Gasteiger partial charge in [-0.1, -0.05) is 12.1 Å². The van der Waals surface area contributed by atoms with Crippen molar-refractivity contribution in [3.63, 3.8) is 0 Å². The van der Waals surface area contributed by atoms with Gasteiger partial charge in [0, 0.05) is 6.04 Å². The fraction of sp³-hybridized carbons (Fsp3) is 0.500. The van der Waals surface area contributed by atoms with Crippen LogP contribution in [0.3, 0.4) is 0 Å². The van der Waals surface area contributed by atoms with Crippen molar-refractivity contribution in [3.05, 3.63) is 29.8 Å². The van der Waals surface area contributed by atoms with Crippen LogP contribution in [0, 0.1) is 5.92 Å². The maximum atomic E-state index is 9.15. The van der Waals surface area contributed by atoms with Crippen LogP contribution in [0.15, 0.2) is 24.3 Å². The van der Waals surface area contributed by atoms with Crippen LogP contribution in [0.25, 0.3) is 0 Å². The van der Waals surface area contributed by atoms with Crippen molar-refractivity contribution in [1.29, 1.82) is 0 Å². The zero-order valence-electron chi connectivity index (χ0n) is 8.53. The van der Waals surface area contributed by atoms with E-state index in [1.165, 1.54) is 18.4 Å². The zero-order valence-corrected chi connectivity index (χ0v) is 8.53. The molecule has 2 nitrogen and oxygen atoms in total. The van der Waals surface area contributed by atoms with Gasteiger partial charge in [-0.3, -0.25) is 0 Å². The molecular weight excluding hydrogens is 174 g/mol. The van der Waals surface area contributed by atoms with Gasteiger partial charge >= 0.3 is 0 Å². The van der Waals surface area contributed by atoms with E-state index in [2.05, 4.69) is 12.2 Å². The largest absolute Gasteiger partial charge is 0.508 e. The lowest BCUT2D eigenvalue weighted by molar-refractivity contribution is 0.474. The van der Waals surface area contributed by atoms with Gasteiger partial charge in [-0.2, -0.15) is 0 Å². The minimum absolute atomic E-state index is 0.336. The molecule has 76 valence electrons. The summed E-state index contributed by atoms with van der Waals surface area (Å²) in [7, 11) is 0. The molecule has 1 atom stereocenters. The molecule has 2 rings (SSSR count). The van der Waals surface area contributed by atoms with Crippen LogP contribution in [-0.4, -0.2) is 11.7 Å². The van der Waals surface area contributed by atoms with E-state index in [1.807, 2.05) is 12.1 Å². The molecule has 1 fully saturated rings. The van der Waals surface area contributed by atoms with Gasteiger partial charge in [0.1, 0.15) is 5.75 Å². The molecule has 1 aromatic carbocycles. The first-order chi connectivity index (χ1) is 6.75. The van der Waals surface area contributed by atoms with E-state index in [-0.39, 0.29) is 0 Å². The maximum absolute atomic E-state index is 9.15. The Bertz CT molecular complexity index is 290. The molecule has 14 heavy (non-hydrogen) atoms. The third kappa shape index (κ3) is 2.48. The Balaban J connectivity index is 1.88. The van der Waals surface area contributed by atoms with Crippen molar-refractivity contribution in [2.24, 2.45) is 5.92 Å². The Morgan fingerprint density at radius 1 is 1.36 bits per heavy atom. The second kappa shape index (κ2) is 4.01. The van der Waals surface area contributed by atoms with Crippen molar-refractivity contribution in [2.75, 3.05) is 6.54 Å². The fourth-order valence-electron chi connectivity index (χ4n) is 1.55. The first-order valence-corrected chi connectivity index (χ1v) is 5.28. The minimum atomic E-state index is 0.336. The number of phenolic OH excluding ortho intramolecular Hbond substituents is 1. The molecule has 0 spiro atoms. The SMILES string of the molecule is CC(NCC1CC1)c1ccc(O)cc1. The van der Waals surface area contributed by atoms with Crippen LogP contribution in [0.2, 0.25) is 0 Å². The Hall–Kier alpha value is -1.02. The van der Waals surface area contributed by atoms with Gasteiger partial charge in [-0.25, -0.2) is 0 Å². The topological polar surface area (TPSA) is 32.3 Å². The summed E-state index contributed by atoms with van der Waals surface area (Å²) in [5.41, 5.74) is 1.24.